The van der Waals surface area contributed by atoms with Gasteiger partial charge in [0.2, 0.25) is 11.8 Å². The number of rotatable bonds is 4. The first-order chi connectivity index (χ1) is 14.5. The molecule has 2 fully saturated rings. The lowest BCUT2D eigenvalue weighted by atomic mass is 9.73. The monoisotopic (exact) mass is 434 g/mol. The molecule has 0 unspecified atom stereocenters. The summed E-state index contributed by atoms with van der Waals surface area (Å²) in [7, 11) is 0. The molecule has 3 aliphatic rings. The lowest BCUT2D eigenvalue weighted by Crippen LogP contribution is -2.32. The van der Waals surface area contributed by atoms with Gasteiger partial charge in [0.05, 0.1) is 52.3 Å². The van der Waals surface area contributed by atoms with Crippen LogP contribution in [0.25, 0.3) is 5.69 Å². The molecule has 1 aliphatic carbocycles. The molecule has 2 aliphatic heterocycles. The largest absolute Gasteiger partial charge is 0.494 e. The molecular formula is C22H21F3N2O4. The second kappa shape index (κ2) is 6.17. The van der Waals surface area contributed by atoms with Gasteiger partial charge in [-0.25, -0.2) is 0 Å². The second-order valence-electron chi connectivity index (χ2n) is 8.95. The van der Waals surface area contributed by atoms with Crippen molar-refractivity contribution >= 4 is 0 Å². The van der Waals surface area contributed by atoms with Gasteiger partial charge in [-0.15, -0.1) is 0 Å². The van der Waals surface area contributed by atoms with Crippen molar-refractivity contribution in [1.82, 2.24) is 4.57 Å². The highest BCUT2D eigenvalue weighted by atomic mass is 19.4. The average Bonchev–Trinajstić information content (AvgIpc) is 3.36. The van der Waals surface area contributed by atoms with E-state index in [-0.39, 0.29) is 29.5 Å². The molecule has 1 aromatic carbocycles. The van der Waals surface area contributed by atoms with Gasteiger partial charge in [-0.05, 0) is 51.3 Å². The van der Waals surface area contributed by atoms with E-state index in [1.54, 1.807) is 6.92 Å². The van der Waals surface area contributed by atoms with Crippen molar-refractivity contribution in [2.24, 2.45) is 5.92 Å². The predicted molar refractivity (Wildman–Crippen MR) is 102 cm³/mol. The zero-order valence-electron chi connectivity index (χ0n) is 17.0. The van der Waals surface area contributed by atoms with Crippen LogP contribution in [0.4, 0.5) is 13.2 Å². The highest BCUT2D eigenvalue weighted by Gasteiger charge is 2.64. The zero-order chi connectivity index (χ0) is 22.3. The molecule has 3 heterocycles. The Kier molecular flexibility index (Phi) is 4.03. The van der Waals surface area contributed by atoms with Crippen molar-refractivity contribution in [2.75, 3.05) is 6.61 Å². The Morgan fingerprint density at radius 2 is 1.90 bits per heavy atom. The summed E-state index contributed by atoms with van der Waals surface area (Å²) in [6.45, 7) is 4.06. The number of alkyl halides is 3. The molecule has 31 heavy (non-hydrogen) atoms. The Hall–Kier alpha value is -2.70. The van der Waals surface area contributed by atoms with Crippen LogP contribution in [0.1, 0.15) is 55.4 Å². The zero-order valence-corrected chi connectivity index (χ0v) is 17.0. The van der Waals surface area contributed by atoms with Crippen LogP contribution < -0.4 is 0 Å². The smallest absolute Gasteiger partial charge is 0.417 e. The number of hydrogen-bond acceptors (Lipinski definition) is 5. The third-order valence-corrected chi connectivity index (χ3v) is 6.74. The molecule has 5 rings (SSSR count). The Morgan fingerprint density at radius 3 is 2.52 bits per heavy atom. The minimum Gasteiger partial charge on any atom is -0.494 e. The van der Waals surface area contributed by atoms with Crippen LogP contribution in [-0.4, -0.2) is 27.5 Å². The van der Waals surface area contributed by atoms with Gasteiger partial charge in [0.15, 0.2) is 0 Å². The molecule has 0 amide bonds. The molecule has 6 nitrogen and oxygen atoms in total. The van der Waals surface area contributed by atoms with E-state index in [1.165, 1.54) is 12.1 Å². The van der Waals surface area contributed by atoms with Gasteiger partial charge in [0.1, 0.15) is 5.60 Å². The van der Waals surface area contributed by atoms with Gasteiger partial charge in [-0.1, -0.05) is 0 Å². The summed E-state index contributed by atoms with van der Waals surface area (Å²) < 4.78 is 53.4. The van der Waals surface area contributed by atoms with E-state index in [9.17, 15) is 23.4 Å². The summed E-state index contributed by atoms with van der Waals surface area (Å²) in [4.78, 5) is 0. The number of ether oxygens (including phenoxy) is 2. The van der Waals surface area contributed by atoms with Crippen molar-refractivity contribution in [3.63, 3.8) is 0 Å². The van der Waals surface area contributed by atoms with Crippen LogP contribution in [0.3, 0.4) is 0 Å². The fraction of sp³-hybridized carbons (Fsp3) is 0.500. The third kappa shape index (κ3) is 2.78. The molecule has 2 bridgehead atoms. The van der Waals surface area contributed by atoms with E-state index in [0.29, 0.717) is 24.2 Å². The highest BCUT2D eigenvalue weighted by molar-refractivity contribution is 5.62. The molecule has 0 radical (unpaired) electrons. The normalized spacial score (nSPS) is 29.2. The maximum Gasteiger partial charge on any atom is 0.417 e. The van der Waals surface area contributed by atoms with Crippen molar-refractivity contribution in [2.45, 2.75) is 56.6 Å². The Bertz CT molecular complexity index is 1130. The molecule has 1 saturated heterocycles. The number of nitrogens with zero attached hydrogens (tertiary/aromatic N) is 2. The van der Waals surface area contributed by atoms with Crippen LogP contribution in [0.15, 0.2) is 18.2 Å². The minimum atomic E-state index is -4.76. The molecule has 0 spiro atoms. The van der Waals surface area contributed by atoms with Gasteiger partial charge >= 0.3 is 6.18 Å². The van der Waals surface area contributed by atoms with Gasteiger partial charge < -0.3 is 19.7 Å². The minimum absolute atomic E-state index is 0.0709. The van der Waals surface area contributed by atoms with Crippen molar-refractivity contribution < 1.29 is 32.9 Å². The summed E-state index contributed by atoms with van der Waals surface area (Å²) in [6, 6.07) is 4.59. The first kappa shape index (κ1) is 20.2. The fourth-order valence-electron chi connectivity index (χ4n) is 5.14. The average molecular weight is 434 g/mol. The molecule has 164 valence electrons. The van der Waals surface area contributed by atoms with Crippen molar-refractivity contribution in [3.05, 3.63) is 40.5 Å². The Balaban J connectivity index is 1.63. The molecule has 1 aromatic heterocycles. The first-order valence-corrected chi connectivity index (χ1v) is 10.1. The van der Waals surface area contributed by atoms with E-state index in [1.807, 2.05) is 6.92 Å². The van der Waals surface area contributed by atoms with E-state index in [2.05, 4.69) is 0 Å². The van der Waals surface area contributed by atoms with E-state index < -0.39 is 28.5 Å². The Morgan fingerprint density at radius 1 is 1.23 bits per heavy atom. The van der Waals surface area contributed by atoms with Gasteiger partial charge in [-0.3, -0.25) is 4.57 Å². The van der Waals surface area contributed by atoms with Crippen LogP contribution >= 0.6 is 0 Å². The topological polar surface area (TPSA) is 87.6 Å². The lowest BCUT2D eigenvalue weighted by Gasteiger charge is -2.29. The first-order valence-electron chi connectivity index (χ1n) is 10.1. The van der Waals surface area contributed by atoms with Crippen LogP contribution in [0.5, 0.6) is 11.8 Å². The van der Waals surface area contributed by atoms with Crippen LogP contribution in [0.2, 0.25) is 0 Å². The van der Waals surface area contributed by atoms with Gasteiger partial charge in [0, 0.05) is 5.92 Å². The number of aromatic nitrogens is 1. The van der Waals surface area contributed by atoms with E-state index in [0.717, 1.165) is 29.5 Å². The lowest BCUT2D eigenvalue weighted by molar-refractivity contribution is -0.137. The maximum absolute atomic E-state index is 13.4. The SMILES string of the molecule is C[C@]12C[C@@H](COC3CC3)[C@](C)(O1)c1c2c(O)n(-c2ccc(C#N)c(C(F)(F)F)c2)c1O. The summed E-state index contributed by atoms with van der Waals surface area (Å²) >= 11 is 0. The second-order valence-corrected chi connectivity index (χ2v) is 8.95. The van der Waals surface area contributed by atoms with Crippen LogP contribution in [0, 0.1) is 17.2 Å². The molecular weight excluding hydrogens is 413 g/mol. The number of halogens is 3. The quantitative estimate of drug-likeness (QED) is 0.743. The van der Waals surface area contributed by atoms with E-state index in [4.69, 9.17) is 14.7 Å². The molecule has 2 N–H and O–H groups in total. The van der Waals surface area contributed by atoms with Crippen LogP contribution in [-0.2, 0) is 26.9 Å². The predicted octanol–water partition coefficient (Wildman–Crippen LogP) is 4.44. The number of fused-ring (bicyclic) bond motifs is 5. The van der Waals surface area contributed by atoms with Gasteiger partial charge in [-0.2, -0.15) is 18.4 Å². The fourth-order valence-corrected chi connectivity index (χ4v) is 5.14. The molecule has 1 saturated carbocycles. The standard InChI is InChI=1S/C22H21F3N2O4/c1-20-8-12(10-30-14-5-6-14)21(2,31-20)17-16(20)18(28)27(19(17)29)13-4-3-11(9-26)15(7-13)22(23,24)25/h3-4,7,12,14,28-29H,5-6,8,10H2,1-2H3/t12-,20+,21-/m0/s1. The molecule has 2 aromatic rings. The summed E-state index contributed by atoms with van der Waals surface area (Å²) in [5, 5.41) is 31.0. The third-order valence-electron chi connectivity index (χ3n) is 6.74. The number of hydrogen-bond donors (Lipinski definition) is 2. The van der Waals surface area contributed by atoms with Gasteiger partial charge in [0.25, 0.3) is 0 Å². The summed E-state index contributed by atoms with van der Waals surface area (Å²) in [5.74, 6) is -0.802. The summed E-state index contributed by atoms with van der Waals surface area (Å²) in [5.41, 5.74) is -2.83. The maximum atomic E-state index is 13.4. The molecule has 3 atom stereocenters. The number of benzene rings is 1. The molecule has 9 heteroatoms. The highest BCUT2D eigenvalue weighted by Crippen LogP contribution is 2.66. The van der Waals surface area contributed by atoms with E-state index >= 15 is 0 Å². The van der Waals surface area contributed by atoms with Crippen molar-refractivity contribution in [3.8, 4) is 23.5 Å². The van der Waals surface area contributed by atoms with Crippen molar-refractivity contribution in [1.29, 1.82) is 5.26 Å². The Labute approximate surface area is 176 Å². The summed E-state index contributed by atoms with van der Waals surface area (Å²) in [6.07, 6.45) is -1.90. The number of aromatic hydroxyl groups is 2. The number of nitriles is 1.